The highest BCUT2D eigenvalue weighted by Gasteiger charge is 2.22. The Morgan fingerprint density at radius 2 is 1.76 bits per heavy atom. The number of carbonyl (C=O) groups is 2. The minimum Gasteiger partial charge on any atom is -0.416 e. The van der Waals surface area contributed by atoms with Crippen molar-refractivity contribution in [1.29, 1.82) is 0 Å². The van der Waals surface area contributed by atoms with Crippen molar-refractivity contribution in [3.8, 4) is 0 Å². The van der Waals surface area contributed by atoms with E-state index in [0.29, 0.717) is 28.3 Å². The summed E-state index contributed by atoms with van der Waals surface area (Å²) in [5, 5.41) is 14.5. The smallest absolute Gasteiger partial charge is 0.277 e. The summed E-state index contributed by atoms with van der Waals surface area (Å²) < 4.78 is 5.77. The highest BCUT2D eigenvalue weighted by atomic mass is 32.2. The number of hydrogen-bond acceptors (Lipinski definition) is 6. The fourth-order valence-corrected chi connectivity index (χ4v) is 4.57. The molecule has 0 radical (unpaired) electrons. The average Bonchev–Trinajstić information content (AvgIpc) is 3.33. The second-order valence-corrected chi connectivity index (χ2v) is 9.16. The molecular formula is C25H28N4O3S. The number of benzene rings is 2. The Morgan fingerprint density at radius 3 is 2.55 bits per heavy atom. The normalized spacial score (nSPS) is 15.1. The summed E-state index contributed by atoms with van der Waals surface area (Å²) in [7, 11) is 0. The Kier molecular flexibility index (Phi) is 7.78. The molecule has 1 fully saturated rings. The lowest BCUT2D eigenvalue weighted by molar-refractivity contribution is -0.113. The zero-order valence-electron chi connectivity index (χ0n) is 18.6. The first kappa shape index (κ1) is 23.0. The van der Waals surface area contributed by atoms with E-state index in [1.54, 1.807) is 24.3 Å². The second-order valence-electron chi connectivity index (χ2n) is 8.23. The molecule has 0 unspecified atom stereocenters. The van der Waals surface area contributed by atoms with Crippen molar-refractivity contribution in [3.63, 3.8) is 0 Å². The number of amides is 2. The van der Waals surface area contributed by atoms with Gasteiger partial charge in [0, 0.05) is 5.92 Å². The summed E-state index contributed by atoms with van der Waals surface area (Å²) in [5.41, 5.74) is 1.89. The molecule has 3 aromatic rings. The number of thioether (sulfide) groups is 1. The molecule has 2 aromatic carbocycles. The third-order valence-electron chi connectivity index (χ3n) is 5.80. The molecule has 1 aliphatic carbocycles. The van der Waals surface area contributed by atoms with Gasteiger partial charge in [0.1, 0.15) is 0 Å². The molecule has 0 aliphatic heterocycles. The Balaban J connectivity index is 1.33. The van der Waals surface area contributed by atoms with Gasteiger partial charge in [-0.2, -0.15) is 0 Å². The minimum atomic E-state index is -0.246. The van der Waals surface area contributed by atoms with Crippen LogP contribution in [0.25, 0.3) is 0 Å². The number of rotatable bonds is 8. The minimum absolute atomic E-state index is 0.114. The average molecular weight is 465 g/mol. The van der Waals surface area contributed by atoms with Gasteiger partial charge in [-0.25, -0.2) is 0 Å². The standard InChI is InChI=1S/C25H28N4O3S/c1-17(18-10-4-2-5-11-18)26-23(31)20-14-8-9-15-21(20)27-22(30)16-33-25-29-28-24(32-25)19-12-6-3-7-13-19/h2,4-5,8-11,14-15,17,19H,3,6-7,12-13,16H2,1H3,(H,26,31)(H,27,30)/t17-/m1/s1. The van der Waals surface area contributed by atoms with E-state index in [2.05, 4.69) is 20.8 Å². The van der Waals surface area contributed by atoms with Crippen LogP contribution in [0.5, 0.6) is 0 Å². The summed E-state index contributed by atoms with van der Waals surface area (Å²) in [5.74, 6) is 0.630. The molecule has 2 N–H and O–H groups in total. The van der Waals surface area contributed by atoms with Crippen LogP contribution in [-0.4, -0.2) is 27.8 Å². The maximum Gasteiger partial charge on any atom is 0.277 e. The molecule has 4 rings (SSSR count). The summed E-state index contributed by atoms with van der Waals surface area (Å²) in [6.07, 6.45) is 5.80. The lowest BCUT2D eigenvalue weighted by Crippen LogP contribution is -2.28. The topological polar surface area (TPSA) is 97.1 Å². The maximum atomic E-state index is 12.9. The van der Waals surface area contributed by atoms with Crippen LogP contribution in [0.3, 0.4) is 0 Å². The highest BCUT2D eigenvalue weighted by Crippen LogP contribution is 2.33. The molecule has 0 bridgehead atoms. The Hall–Kier alpha value is -3.13. The second kappa shape index (κ2) is 11.1. The molecular weight excluding hydrogens is 436 g/mol. The van der Waals surface area contributed by atoms with E-state index < -0.39 is 0 Å². The van der Waals surface area contributed by atoms with E-state index in [0.717, 1.165) is 18.4 Å². The van der Waals surface area contributed by atoms with Gasteiger partial charge in [0.2, 0.25) is 11.8 Å². The predicted molar refractivity (Wildman–Crippen MR) is 128 cm³/mol. The first-order chi connectivity index (χ1) is 16.1. The van der Waals surface area contributed by atoms with Crippen molar-refractivity contribution in [2.24, 2.45) is 0 Å². The van der Waals surface area contributed by atoms with Crippen LogP contribution in [0.2, 0.25) is 0 Å². The molecule has 1 heterocycles. The van der Waals surface area contributed by atoms with E-state index in [1.165, 1.54) is 31.0 Å². The van der Waals surface area contributed by atoms with Gasteiger partial charge >= 0.3 is 0 Å². The SMILES string of the molecule is C[C@@H](NC(=O)c1ccccc1NC(=O)CSc1nnc(C2CCCCC2)o1)c1ccccc1. The number of anilines is 1. The Morgan fingerprint density at radius 1 is 1.03 bits per heavy atom. The zero-order valence-corrected chi connectivity index (χ0v) is 19.4. The monoisotopic (exact) mass is 464 g/mol. The molecule has 0 spiro atoms. The van der Waals surface area contributed by atoms with Crippen molar-refractivity contribution in [2.75, 3.05) is 11.1 Å². The molecule has 1 aliphatic rings. The summed E-state index contributed by atoms with van der Waals surface area (Å²) in [6, 6.07) is 16.6. The Labute approximate surface area is 197 Å². The third kappa shape index (κ3) is 6.22. The molecule has 0 saturated heterocycles. The quantitative estimate of drug-likeness (QED) is 0.437. The highest BCUT2D eigenvalue weighted by molar-refractivity contribution is 7.99. The lowest BCUT2D eigenvalue weighted by Gasteiger charge is -2.17. The van der Waals surface area contributed by atoms with Crippen molar-refractivity contribution in [1.82, 2.24) is 15.5 Å². The van der Waals surface area contributed by atoms with Crippen molar-refractivity contribution >= 4 is 29.3 Å². The molecule has 7 nitrogen and oxygen atoms in total. The summed E-state index contributed by atoms with van der Waals surface area (Å²) >= 11 is 1.20. The molecule has 8 heteroatoms. The summed E-state index contributed by atoms with van der Waals surface area (Å²) in [4.78, 5) is 25.4. The van der Waals surface area contributed by atoms with Crippen LogP contribution in [-0.2, 0) is 4.79 Å². The summed E-state index contributed by atoms with van der Waals surface area (Å²) in [6.45, 7) is 1.93. The van der Waals surface area contributed by atoms with Crippen LogP contribution in [0.4, 0.5) is 5.69 Å². The molecule has 1 atom stereocenters. The zero-order chi connectivity index (χ0) is 23.0. The maximum absolute atomic E-state index is 12.9. The number of hydrogen-bond donors (Lipinski definition) is 2. The van der Waals surface area contributed by atoms with Crippen LogP contribution >= 0.6 is 11.8 Å². The van der Waals surface area contributed by atoms with Gasteiger partial charge in [0.05, 0.1) is 23.0 Å². The third-order valence-corrected chi connectivity index (χ3v) is 6.61. The van der Waals surface area contributed by atoms with Crippen molar-refractivity contribution in [3.05, 3.63) is 71.6 Å². The number of aromatic nitrogens is 2. The first-order valence-electron chi connectivity index (χ1n) is 11.3. The van der Waals surface area contributed by atoms with Crippen molar-refractivity contribution in [2.45, 2.75) is 56.2 Å². The van der Waals surface area contributed by atoms with Gasteiger partial charge in [0.25, 0.3) is 11.1 Å². The fraction of sp³-hybridized carbons (Fsp3) is 0.360. The molecule has 33 heavy (non-hydrogen) atoms. The lowest BCUT2D eigenvalue weighted by atomic mass is 9.89. The van der Waals surface area contributed by atoms with E-state index in [9.17, 15) is 9.59 Å². The van der Waals surface area contributed by atoms with Gasteiger partial charge in [-0.15, -0.1) is 10.2 Å². The number of para-hydroxylation sites is 1. The fourth-order valence-electron chi connectivity index (χ4n) is 4.00. The van der Waals surface area contributed by atoms with E-state index in [4.69, 9.17) is 4.42 Å². The molecule has 1 saturated carbocycles. The first-order valence-corrected chi connectivity index (χ1v) is 12.3. The predicted octanol–water partition coefficient (Wildman–Crippen LogP) is 5.34. The van der Waals surface area contributed by atoms with E-state index in [-0.39, 0.29) is 23.6 Å². The van der Waals surface area contributed by atoms with E-state index in [1.807, 2.05) is 37.3 Å². The molecule has 172 valence electrons. The van der Waals surface area contributed by atoms with Crippen molar-refractivity contribution < 1.29 is 14.0 Å². The number of nitrogens with zero attached hydrogens (tertiary/aromatic N) is 2. The van der Waals surface area contributed by atoms with Gasteiger partial charge in [-0.05, 0) is 37.5 Å². The number of carbonyl (C=O) groups excluding carboxylic acids is 2. The molecule has 1 aromatic heterocycles. The Bertz CT molecular complexity index is 1080. The van der Waals surface area contributed by atoms with Crippen LogP contribution in [0.1, 0.15) is 72.8 Å². The van der Waals surface area contributed by atoms with Crippen LogP contribution < -0.4 is 10.6 Å². The van der Waals surface area contributed by atoms with Crippen LogP contribution in [0, 0.1) is 0 Å². The van der Waals surface area contributed by atoms with Crippen LogP contribution in [0.15, 0.2) is 64.2 Å². The van der Waals surface area contributed by atoms with Gasteiger partial charge in [0.15, 0.2) is 0 Å². The largest absolute Gasteiger partial charge is 0.416 e. The van der Waals surface area contributed by atoms with Gasteiger partial charge in [-0.3, -0.25) is 9.59 Å². The molecule has 2 amide bonds. The van der Waals surface area contributed by atoms with Gasteiger partial charge < -0.3 is 15.1 Å². The van der Waals surface area contributed by atoms with Gasteiger partial charge in [-0.1, -0.05) is 73.5 Å². The van der Waals surface area contributed by atoms with E-state index >= 15 is 0 Å². The number of nitrogens with one attached hydrogen (secondary N) is 2.